The fourth-order valence-corrected chi connectivity index (χ4v) is 4.51. The molecule has 0 aliphatic carbocycles. The SMILES string of the molecule is CCn1cc(/C=C2\Oc3c(ccc(OCc4c(F)cccc4Cl)c3C)C2=O)c2cc(OC)ccc21. The van der Waals surface area contributed by atoms with Crippen LogP contribution in [0.2, 0.25) is 5.02 Å². The minimum absolute atomic E-state index is 0.0415. The summed E-state index contributed by atoms with van der Waals surface area (Å²) in [6.45, 7) is 4.61. The molecule has 4 aromatic rings. The summed E-state index contributed by atoms with van der Waals surface area (Å²) in [5, 5.41) is 1.26. The first-order chi connectivity index (χ1) is 16.9. The monoisotopic (exact) mass is 491 g/mol. The van der Waals surface area contributed by atoms with Crippen molar-refractivity contribution in [3.63, 3.8) is 0 Å². The number of nitrogens with zero attached hydrogens (tertiary/aromatic N) is 1. The minimum Gasteiger partial charge on any atom is -0.497 e. The molecule has 0 saturated heterocycles. The van der Waals surface area contributed by atoms with Crippen molar-refractivity contribution in [2.45, 2.75) is 27.0 Å². The summed E-state index contributed by atoms with van der Waals surface area (Å²) < 4.78 is 33.5. The Balaban J connectivity index is 1.46. The lowest BCUT2D eigenvalue weighted by molar-refractivity contribution is 0.101. The number of carbonyl (C=O) groups is 1. The molecule has 1 aromatic heterocycles. The second-order valence-electron chi connectivity index (χ2n) is 8.25. The summed E-state index contributed by atoms with van der Waals surface area (Å²) in [5.41, 5.74) is 3.29. The summed E-state index contributed by atoms with van der Waals surface area (Å²) in [4.78, 5) is 13.1. The average molecular weight is 492 g/mol. The quantitative estimate of drug-likeness (QED) is 0.273. The molecule has 0 radical (unpaired) electrons. The van der Waals surface area contributed by atoms with E-state index in [0.717, 1.165) is 28.8 Å². The Morgan fingerprint density at radius 3 is 2.74 bits per heavy atom. The van der Waals surface area contributed by atoms with Crippen LogP contribution in [0.3, 0.4) is 0 Å². The van der Waals surface area contributed by atoms with E-state index >= 15 is 0 Å². The van der Waals surface area contributed by atoms with Gasteiger partial charge in [0.05, 0.1) is 17.7 Å². The Hall–Kier alpha value is -3.77. The molecule has 35 heavy (non-hydrogen) atoms. The van der Waals surface area contributed by atoms with Crippen molar-refractivity contribution < 1.29 is 23.4 Å². The Labute approximate surface area is 207 Å². The van der Waals surface area contributed by atoms with Crippen LogP contribution in [0.25, 0.3) is 17.0 Å². The zero-order valence-corrected chi connectivity index (χ0v) is 20.3. The molecule has 0 atom stereocenters. The Bertz CT molecular complexity index is 1480. The lowest BCUT2D eigenvalue weighted by Gasteiger charge is -2.12. The zero-order valence-electron chi connectivity index (χ0n) is 19.5. The molecular weight excluding hydrogens is 469 g/mol. The van der Waals surface area contributed by atoms with E-state index in [4.69, 9.17) is 25.8 Å². The third-order valence-corrected chi connectivity index (χ3v) is 6.57. The topological polar surface area (TPSA) is 49.7 Å². The van der Waals surface area contributed by atoms with Crippen molar-refractivity contribution in [1.29, 1.82) is 0 Å². The number of ether oxygens (including phenoxy) is 3. The second kappa shape index (κ2) is 9.12. The van der Waals surface area contributed by atoms with Gasteiger partial charge in [0, 0.05) is 40.3 Å². The molecule has 0 saturated carbocycles. The number of benzene rings is 3. The number of hydrogen-bond acceptors (Lipinski definition) is 4. The molecule has 0 unspecified atom stereocenters. The molecule has 5 rings (SSSR count). The van der Waals surface area contributed by atoms with Crippen LogP contribution in [0.4, 0.5) is 4.39 Å². The van der Waals surface area contributed by atoms with Crippen molar-refractivity contribution in [1.82, 2.24) is 4.57 Å². The van der Waals surface area contributed by atoms with Gasteiger partial charge in [0.1, 0.15) is 29.7 Å². The van der Waals surface area contributed by atoms with Gasteiger partial charge in [0.2, 0.25) is 5.78 Å². The van der Waals surface area contributed by atoms with Crippen molar-refractivity contribution in [3.8, 4) is 17.2 Å². The van der Waals surface area contributed by atoms with Gasteiger partial charge < -0.3 is 18.8 Å². The fraction of sp³-hybridized carbons (Fsp3) is 0.179. The van der Waals surface area contributed by atoms with Gasteiger partial charge in [-0.15, -0.1) is 0 Å². The smallest absolute Gasteiger partial charge is 0.231 e. The van der Waals surface area contributed by atoms with Crippen molar-refractivity contribution in [3.05, 3.63) is 93.6 Å². The highest BCUT2D eigenvalue weighted by Crippen LogP contribution is 2.40. The largest absolute Gasteiger partial charge is 0.497 e. The number of aryl methyl sites for hydroxylation is 1. The van der Waals surface area contributed by atoms with E-state index in [2.05, 4.69) is 11.5 Å². The van der Waals surface area contributed by atoms with Gasteiger partial charge in [-0.25, -0.2) is 4.39 Å². The van der Waals surface area contributed by atoms with Gasteiger partial charge in [0.25, 0.3) is 0 Å². The minimum atomic E-state index is -0.434. The van der Waals surface area contributed by atoms with Crippen LogP contribution in [0.1, 0.15) is 34.0 Å². The molecule has 2 heterocycles. The number of rotatable bonds is 6. The molecule has 3 aromatic carbocycles. The predicted octanol–water partition coefficient (Wildman–Crippen LogP) is 6.97. The first-order valence-corrected chi connectivity index (χ1v) is 11.6. The van der Waals surface area contributed by atoms with Crippen LogP contribution < -0.4 is 14.2 Å². The molecule has 178 valence electrons. The Kier molecular flexibility index (Phi) is 5.99. The number of methoxy groups -OCH3 is 1. The third-order valence-electron chi connectivity index (χ3n) is 6.22. The van der Waals surface area contributed by atoms with Gasteiger partial charge in [0.15, 0.2) is 5.76 Å². The van der Waals surface area contributed by atoms with E-state index in [1.807, 2.05) is 24.4 Å². The first kappa shape index (κ1) is 23.0. The van der Waals surface area contributed by atoms with Crippen molar-refractivity contribution in [2.24, 2.45) is 0 Å². The highest BCUT2D eigenvalue weighted by atomic mass is 35.5. The summed E-state index contributed by atoms with van der Waals surface area (Å²) in [6, 6.07) is 13.7. The van der Waals surface area contributed by atoms with Crippen LogP contribution in [-0.2, 0) is 13.2 Å². The standard InChI is InChI=1S/C28H23ClFNO4/c1-4-31-14-17(20-13-18(33-3)8-10-24(20)31)12-26-27(32)19-9-11-25(16(2)28(19)35-26)34-15-21-22(29)6-5-7-23(21)30/h5-14H,4,15H2,1-3H3/b26-12-. The molecule has 0 N–H and O–H groups in total. The normalized spacial score (nSPS) is 13.9. The van der Waals surface area contributed by atoms with E-state index in [1.165, 1.54) is 6.07 Å². The van der Waals surface area contributed by atoms with Gasteiger partial charge in [-0.2, -0.15) is 0 Å². The summed E-state index contributed by atoms with van der Waals surface area (Å²) >= 11 is 6.11. The third kappa shape index (κ3) is 4.04. The van der Waals surface area contributed by atoms with E-state index in [1.54, 1.807) is 44.4 Å². The van der Waals surface area contributed by atoms with E-state index in [-0.39, 0.29) is 23.7 Å². The maximum atomic E-state index is 14.1. The van der Waals surface area contributed by atoms with Gasteiger partial charge in [-0.3, -0.25) is 4.79 Å². The Morgan fingerprint density at radius 1 is 1.17 bits per heavy atom. The highest BCUT2D eigenvalue weighted by Gasteiger charge is 2.30. The molecule has 1 aliphatic heterocycles. The lowest BCUT2D eigenvalue weighted by Crippen LogP contribution is -2.01. The molecule has 0 bridgehead atoms. The number of allylic oxidation sites excluding steroid dienone is 1. The number of hydrogen-bond donors (Lipinski definition) is 0. The fourth-order valence-electron chi connectivity index (χ4n) is 4.29. The average Bonchev–Trinajstić information content (AvgIpc) is 3.37. The van der Waals surface area contributed by atoms with Crippen molar-refractivity contribution in [2.75, 3.05) is 7.11 Å². The molecule has 0 amide bonds. The molecule has 7 heteroatoms. The summed E-state index contributed by atoms with van der Waals surface area (Å²) in [7, 11) is 1.62. The Morgan fingerprint density at radius 2 is 2.00 bits per heavy atom. The maximum absolute atomic E-state index is 14.1. The molecular formula is C28H23ClFNO4. The van der Waals surface area contributed by atoms with E-state index in [0.29, 0.717) is 27.6 Å². The first-order valence-electron chi connectivity index (χ1n) is 11.2. The number of carbonyl (C=O) groups excluding carboxylic acids is 1. The van der Waals surface area contributed by atoms with Crippen LogP contribution in [-0.4, -0.2) is 17.5 Å². The van der Waals surface area contributed by atoms with Crippen LogP contribution >= 0.6 is 11.6 Å². The van der Waals surface area contributed by atoms with Crippen molar-refractivity contribution >= 4 is 34.4 Å². The molecule has 1 aliphatic rings. The molecule has 5 nitrogen and oxygen atoms in total. The summed E-state index contributed by atoms with van der Waals surface area (Å²) in [6.07, 6.45) is 3.76. The number of ketones is 1. The molecule has 0 fully saturated rings. The lowest BCUT2D eigenvalue weighted by atomic mass is 10.1. The van der Waals surface area contributed by atoms with E-state index < -0.39 is 5.82 Å². The van der Waals surface area contributed by atoms with Crippen LogP contribution in [0, 0.1) is 12.7 Å². The maximum Gasteiger partial charge on any atom is 0.231 e. The van der Waals surface area contributed by atoms with Crippen LogP contribution in [0.5, 0.6) is 17.2 Å². The highest BCUT2D eigenvalue weighted by molar-refractivity contribution is 6.31. The van der Waals surface area contributed by atoms with Gasteiger partial charge in [-0.05, 0) is 62.4 Å². The number of halogens is 2. The number of fused-ring (bicyclic) bond motifs is 2. The second-order valence-corrected chi connectivity index (χ2v) is 8.65. The number of Topliss-reactive ketones (excluding diaryl/α,β-unsaturated/α-hetero) is 1. The van der Waals surface area contributed by atoms with E-state index in [9.17, 15) is 9.18 Å². The van der Waals surface area contributed by atoms with Crippen LogP contribution in [0.15, 0.2) is 60.5 Å². The zero-order chi connectivity index (χ0) is 24.7. The predicted molar refractivity (Wildman–Crippen MR) is 134 cm³/mol. The molecule has 0 spiro atoms. The summed E-state index contributed by atoms with van der Waals surface area (Å²) in [5.74, 6) is 1.26. The number of aromatic nitrogens is 1. The van der Waals surface area contributed by atoms with Gasteiger partial charge >= 0.3 is 0 Å². The van der Waals surface area contributed by atoms with Gasteiger partial charge in [-0.1, -0.05) is 17.7 Å².